The largest absolute Gasteiger partial charge is 0.496 e. The molecule has 0 radical (unpaired) electrons. The lowest BCUT2D eigenvalue weighted by atomic mass is 10.2. The van der Waals surface area contributed by atoms with Crippen LogP contribution in [0.5, 0.6) is 11.5 Å². The van der Waals surface area contributed by atoms with Crippen LogP contribution in [-0.4, -0.2) is 34.8 Å². The summed E-state index contributed by atoms with van der Waals surface area (Å²) in [5.41, 5.74) is 0.219. The molecule has 0 saturated heterocycles. The van der Waals surface area contributed by atoms with Gasteiger partial charge in [-0.15, -0.1) is 0 Å². The molecule has 0 bridgehead atoms. The molecule has 3 rings (SSSR count). The van der Waals surface area contributed by atoms with Crippen LogP contribution in [0.1, 0.15) is 28.0 Å². The van der Waals surface area contributed by atoms with Crippen LogP contribution >= 0.6 is 11.3 Å². The number of hydrogen-bond donors (Lipinski definition) is 0. The Balaban J connectivity index is 1.84. The molecule has 2 aromatic heterocycles. The molecule has 26 heavy (non-hydrogen) atoms. The van der Waals surface area contributed by atoms with Gasteiger partial charge in [-0.2, -0.15) is 9.61 Å². The van der Waals surface area contributed by atoms with E-state index in [2.05, 4.69) is 10.1 Å². The summed E-state index contributed by atoms with van der Waals surface area (Å²) < 4.78 is 17.0. The topological polar surface area (TPSA) is 92.0 Å². The van der Waals surface area contributed by atoms with E-state index < -0.39 is 5.97 Å². The van der Waals surface area contributed by atoms with Gasteiger partial charge in [-0.1, -0.05) is 24.3 Å². The van der Waals surface area contributed by atoms with Crippen molar-refractivity contribution in [3.8, 4) is 11.5 Å². The van der Waals surface area contributed by atoms with Crippen LogP contribution in [0, 0.1) is 0 Å². The molecule has 136 valence electrons. The lowest BCUT2D eigenvalue weighted by molar-refractivity contribution is 0.0460. The maximum absolute atomic E-state index is 12.5. The van der Waals surface area contributed by atoms with E-state index in [1.54, 1.807) is 18.2 Å². The van der Waals surface area contributed by atoms with E-state index in [9.17, 15) is 9.59 Å². The molecule has 9 heteroatoms. The monoisotopic (exact) mass is 375 g/mol. The first kappa shape index (κ1) is 17.9. The van der Waals surface area contributed by atoms with Crippen molar-refractivity contribution >= 4 is 22.3 Å². The Morgan fingerprint density at radius 2 is 1.92 bits per heavy atom. The first-order chi connectivity index (χ1) is 12.6. The van der Waals surface area contributed by atoms with Gasteiger partial charge < -0.3 is 14.2 Å². The zero-order chi connectivity index (χ0) is 18.7. The number of aryl methyl sites for hydroxylation is 1. The van der Waals surface area contributed by atoms with Gasteiger partial charge in [0.15, 0.2) is 0 Å². The van der Waals surface area contributed by atoms with Crippen LogP contribution in [0.2, 0.25) is 0 Å². The average Bonchev–Trinajstić information content (AvgIpc) is 3.09. The minimum atomic E-state index is -0.625. The maximum atomic E-state index is 12.5. The van der Waals surface area contributed by atoms with Gasteiger partial charge in [-0.3, -0.25) is 4.79 Å². The second-order valence-corrected chi connectivity index (χ2v) is 6.28. The van der Waals surface area contributed by atoms with Gasteiger partial charge >= 0.3 is 5.97 Å². The summed E-state index contributed by atoms with van der Waals surface area (Å²) in [6.07, 6.45) is 0.714. The number of carbonyl (C=O) groups is 1. The lowest BCUT2D eigenvalue weighted by Gasteiger charge is -2.12. The van der Waals surface area contributed by atoms with Crippen LogP contribution in [0.15, 0.2) is 29.1 Å². The van der Waals surface area contributed by atoms with Crippen molar-refractivity contribution in [2.24, 2.45) is 0 Å². The third-order valence-corrected chi connectivity index (χ3v) is 4.68. The minimum absolute atomic E-state index is 0.148. The fourth-order valence-corrected chi connectivity index (χ4v) is 3.23. The zero-order valence-electron chi connectivity index (χ0n) is 14.5. The molecule has 0 aliphatic heterocycles. The van der Waals surface area contributed by atoms with Gasteiger partial charge in [0.25, 0.3) is 5.56 Å². The molecule has 0 N–H and O–H groups in total. The highest BCUT2D eigenvalue weighted by Crippen LogP contribution is 2.29. The Hall–Kier alpha value is -2.94. The quantitative estimate of drug-likeness (QED) is 0.609. The average molecular weight is 375 g/mol. The molecule has 3 aromatic rings. The zero-order valence-corrected chi connectivity index (χ0v) is 15.3. The molecule has 8 nitrogen and oxygen atoms in total. The smallest absolute Gasteiger partial charge is 0.346 e. The van der Waals surface area contributed by atoms with Crippen molar-refractivity contribution in [1.82, 2.24) is 14.6 Å². The molecule has 0 atom stereocenters. The van der Waals surface area contributed by atoms with Gasteiger partial charge in [-0.05, 0) is 18.6 Å². The maximum Gasteiger partial charge on any atom is 0.346 e. The van der Waals surface area contributed by atoms with E-state index >= 15 is 0 Å². The number of esters is 1. The van der Waals surface area contributed by atoms with Crippen molar-refractivity contribution in [3.63, 3.8) is 0 Å². The summed E-state index contributed by atoms with van der Waals surface area (Å²) in [6, 6.07) is 6.29. The van der Waals surface area contributed by atoms with E-state index in [-0.39, 0.29) is 17.7 Å². The van der Waals surface area contributed by atoms with Crippen LogP contribution in [0.3, 0.4) is 0 Å². The Morgan fingerprint density at radius 3 is 2.54 bits per heavy atom. The van der Waals surface area contributed by atoms with Gasteiger partial charge in [0.1, 0.15) is 28.7 Å². The molecule has 0 aliphatic rings. The van der Waals surface area contributed by atoms with Crippen molar-refractivity contribution < 1.29 is 19.0 Å². The number of rotatable bonds is 6. The summed E-state index contributed by atoms with van der Waals surface area (Å²) in [7, 11) is 2.91. The minimum Gasteiger partial charge on any atom is -0.496 e. The van der Waals surface area contributed by atoms with Gasteiger partial charge in [0, 0.05) is 6.07 Å². The van der Waals surface area contributed by atoms with E-state index in [1.165, 1.54) is 36.1 Å². The number of fused-ring (bicyclic) bond motifs is 1. The summed E-state index contributed by atoms with van der Waals surface area (Å²) in [4.78, 5) is 29.4. The molecule has 0 fully saturated rings. The molecule has 0 saturated carbocycles. The van der Waals surface area contributed by atoms with E-state index in [0.717, 1.165) is 5.01 Å². The summed E-state index contributed by atoms with van der Waals surface area (Å²) in [5.74, 6) is 0.0561. The first-order valence-corrected chi connectivity index (χ1v) is 8.65. The third kappa shape index (κ3) is 3.38. The van der Waals surface area contributed by atoms with Crippen molar-refractivity contribution in [3.05, 3.63) is 50.9 Å². The summed E-state index contributed by atoms with van der Waals surface area (Å²) in [6.45, 7) is 1.80. The second kappa shape index (κ2) is 7.52. The Morgan fingerprint density at radius 1 is 1.23 bits per heavy atom. The van der Waals surface area contributed by atoms with Crippen molar-refractivity contribution in [1.29, 1.82) is 0 Å². The fourth-order valence-electron chi connectivity index (χ4n) is 2.38. The molecule has 0 amide bonds. The van der Waals surface area contributed by atoms with Crippen LogP contribution in [-0.2, 0) is 17.8 Å². The van der Waals surface area contributed by atoms with Crippen LogP contribution in [0.4, 0.5) is 0 Å². The van der Waals surface area contributed by atoms with Crippen molar-refractivity contribution in [2.75, 3.05) is 14.2 Å². The van der Waals surface area contributed by atoms with Crippen LogP contribution in [0.25, 0.3) is 4.96 Å². The predicted molar refractivity (Wildman–Crippen MR) is 95.2 cm³/mol. The van der Waals surface area contributed by atoms with E-state index in [1.807, 2.05) is 6.92 Å². The molecule has 2 heterocycles. The SMILES string of the molecule is CCc1nn2c(=O)cc(COC(=O)c3c(OC)cccc3OC)nc2s1. The Labute approximate surface area is 153 Å². The summed E-state index contributed by atoms with van der Waals surface area (Å²) >= 11 is 1.33. The van der Waals surface area contributed by atoms with Gasteiger partial charge in [-0.25, -0.2) is 9.78 Å². The normalized spacial score (nSPS) is 10.7. The first-order valence-electron chi connectivity index (χ1n) is 7.84. The van der Waals surface area contributed by atoms with Gasteiger partial charge in [0.2, 0.25) is 4.96 Å². The molecule has 0 unspecified atom stereocenters. The molecular formula is C17H17N3O5S. The molecular weight excluding hydrogens is 358 g/mol. The molecule has 0 aliphatic carbocycles. The highest BCUT2D eigenvalue weighted by Gasteiger charge is 2.20. The van der Waals surface area contributed by atoms with Crippen LogP contribution < -0.4 is 15.0 Å². The molecule has 0 spiro atoms. The van der Waals surface area contributed by atoms with E-state index in [4.69, 9.17) is 14.2 Å². The number of carbonyl (C=O) groups excluding carboxylic acids is 1. The molecule has 1 aromatic carbocycles. The Bertz CT molecular complexity index is 989. The number of aromatic nitrogens is 3. The standard InChI is InChI=1S/C17H17N3O5S/c1-4-13-19-20-14(21)8-10(18-17(20)26-13)9-25-16(22)15-11(23-2)6-5-7-12(15)24-3/h5-8H,4,9H2,1-3H3. The summed E-state index contributed by atoms with van der Waals surface area (Å²) in [5, 5.41) is 4.99. The van der Waals surface area contributed by atoms with Gasteiger partial charge in [0.05, 0.1) is 19.9 Å². The lowest BCUT2D eigenvalue weighted by Crippen LogP contribution is -2.17. The Kier molecular flexibility index (Phi) is 5.17. The predicted octanol–water partition coefficient (Wildman–Crippen LogP) is 2.09. The number of nitrogens with zero attached hydrogens (tertiary/aromatic N) is 3. The fraction of sp³-hybridized carbons (Fsp3) is 0.294. The van der Waals surface area contributed by atoms with Crippen molar-refractivity contribution in [2.45, 2.75) is 20.0 Å². The number of methoxy groups -OCH3 is 2. The number of hydrogen-bond acceptors (Lipinski definition) is 8. The third-order valence-electron chi connectivity index (χ3n) is 3.63. The van der Waals surface area contributed by atoms with E-state index in [0.29, 0.717) is 28.6 Å². The number of ether oxygens (including phenoxy) is 3. The highest BCUT2D eigenvalue weighted by molar-refractivity contribution is 7.16. The number of benzene rings is 1. The second-order valence-electron chi connectivity index (χ2n) is 5.24. The highest BCUT2D eigenvalue weighted by atomic mass is 32.1.